The number of Topliss-reactive ketones (excluding diaryl/α,β-unsaturated/α-hetero) is 1. The van der Waals surface area contributed by atoms with Crippen LogP contribution >= 0.6 is 0 Å². The van der Waals surface area contributed by atoms with E-state index in [2.05, 4.69) is 0 Å². The SMILES string of the molecule is COc1ccc(-n2c(C)cc(C(=O)CN3C(=O)[C@H]4CC=CC[C@H]4C3=O)c2C)cc1. The van der Waals surface area contributed by atoms with Gasteiger partial charge in [-0.2, -0.15) is 0 Å². The molecule has 0 N–H and O–H groups in total. The van der Waals surface area contributed by atoms with E-state index in [1.54, 1.807) is 7.11 Å². The Hall–Kier alpha value is -3.15. The topological polar surface area (TPSA) is 68.6 Å². The van der Waals surface area contributed by atoms with Crippen LogP contribution in [0.25, 0.3) is 5.69 Å². The number of imide groups is 1. The predicted molar refractivity (Wildman–Crippen MR) is 108 cm³/mol. The van der Waals surface area contributed by atoms with Crippen molar-refractivity contribution in [2.24, 2.45) is 11.8 Å². The molecule has 1 aliphatic heterocycles. The molecule has 2 atom stereocenters. The number of fused-ring (bicyclic) bond motifs is 1. The minimum atomic E-state index is -0.313. The summed E-state index contributed by atoms with van der Waals surface area (Å²) >= 11 is 0. The lowest BCUT2D eigenvalue weighted by atomic mass is 9.85. The molecule has 6 heteroatoms. The number of hydrogen-bond donors (Lipinski definition) is 0. The smallest absolute Gasteiger partial charge is 0.233 e. The first-order valence-corrected chi connectivity index (χ1v) is 9.79. The third-order valence-corrected chi connectivity index (χ3v) is 5.96. The van der Waals surface area contributed by atoms with Crippen molar-refractivity contribution in [1.29, 1.82) is 0 Å². The van der Waals surface area contributed by atoms with Crippen LogP contribution in [0.15, 0.2) is 42.5 Å². The van der Waals surface area contributed by atoms with Crippen LogP contribution in [-0.4, -0.2) is 40.7 Å². The average Bonchev–Trinajstić information content (AvgIpc) is 3.16. The fourth-order valence-electron chi connectivity index (χ4n) is 4.43. The molecule has 2 amide bonds. The van der Waals surface area contributed by atoms with Gasteiger partial charge < -0.3 is 9.30 Å². The highest BCUT2D eigenvalue weighted by Gasteiger charge is 2.47. The molecule has 0 unspecified atom stereocenters. The summed E-state index contributed by atoms with van der Waals surface area (Å²) in [6, 6.07) is 9.41. The number of aryl methyl sites for hydroxylation is 1. The lowest BCUT2D eigenvalue weighted by Crippen LogP contribution is -2.36. The van der Waals surface area contributed by atoms with Crippen LogP contribution in [0.5, 0.6) is 5.75 Å². The Morgan fingerprint density at radius 1 is 1.03 bits per heavy atom. The average molecular weight is 392 g/mol. The predicted octanol–water partition coefficient (Wildman–Crippen LogP) is 3.24. The Morgan fingerprint density at radius 2 is 1.62 bits per heavy atom. The lowest BCUT2D eigenvalue weighted by Gasteiger charge is -2.14. The van der Waals surface area contributed by atoms with Crippen molar-refractivity contribution in [2.45, 2.75) is 26.7 Å². The van der Waals surface area contributed by atoms with Gasteiger partial charge in [-0.05, 0) is 57.0 Å². The largest absolute Gasteiger partial charge is 0.497 e. The second kappa shape index (κ2) is 7.35. The molecule has 1 fully saturated rings. The fraction of sp³-hybridized carbons (Fsp3) is 0.348. The van der Waals surface area contributed by atoms with Crippen molar-refractivity contribution >= 4 is 17.6 Å². The van der Waals surface area contributed by atoms with E-state index in [0.29, 0.717) is 18.4 Å². The van der Waals surface area contributed by atoms with Crippen LogP contribution < -0.4 is 4.74 Å². The molecule has 1 saturated heterocycles. The Morgan fingerprint density at radius 3 is 2.17 bits per heavy atom. The lowest BCUT2D eigenvalue weighted by molar-refractivity contribution is -0.139. The molecule has 0 radical (unpaired) electrons. The number of hydrogen-bond acceptors (Lipinski definition) is 4. The molecule has 0 bridgehead atoms. The molecular weight excluding hydrogens is 368 g/mol. The van der Waals surface area contributed by atoms with E-state index in [1.807, 2.05) is 60.9 Å². The monoisotopic (exact) mass is 392 g/mol. The van der Waals surface area contributed by atoms with E-state index >= 15 is 0 Å². The summed E-state index contributed by atoms with van der Waals surface area (Å²) in [7, 11) is 1.62. The maximum absolute atomic E-state index is 13.0. The highest BCUT2D eigenvalue weighted by atomic mass is 16.5. The number of aromatic nitrogens is 1. The summed E-state index contributed by atoms with van der Waals surface area (Å²) in [6.07, 6.45) is 5.04. The van der Waals surface area contributed by atoms with Crippen molar-refractivity contribution in [3.8, 4) is 11.4 Å². The third kappa shape index (κ3) is 3.18. The van der Waals surface area contributed by atoms with Crippen molar-refractivity contribution in [3.63, 3.8) is 0 Å². The van der Waals surface area contributed by atoms with Gasteiger partial charge in [0.15, 0.2) is 5.78 Å². The van der Waals surface area contributed by atoms with E-state index in [-0.39, 0.29) is 36.0 Å². The number of ketones is 1. The summed E-state index contributed by atoms with van der Waals surface area (Å²) in [5.41, 5.74) is 3.15. The van der Waals surface area contributed by atoms with Crippen molar-refractivity contribution in [1.82, 2.24) is 9.47 Å². The second-order valence-corrected chi connectivity index (χ2v) is 7.66. The van der Waals surface area contributed by atoms with Gasteiger partial charge >= 0.3 is 0 Å². The molecule has 1 aromatic carbocycles. The van der Waals surface area contributed by atoms with Gasteiger partial charge in [0.2, 0.25) is 11.8 Å². The minimum Gasteiger partial charge on any atom is -0.497 e. The van der Waals surface area contributed by atoms with E-state index in [4.69, 9.17) is 4.74 Å². The highest BCUT2D eigenvalue weighted by molar-refractivity contribution is 6.10. The van der Waals surface area contributed by atoms with E-state index in [9.17, 15) is 14.4 Å². The van der Waals surface area contributed by atoms with Gasteiger partial charge in [0.25, 0.3) is 0 Å². The first-order valence-electron chi connectivity index (χ1n) is 9.79. The van der Waals surface area contributed by atoms with Crippen LogP contribution in [0.4, 0.5) is 0 Å². The molecule has 1 aromatic heterocycles. The molecule has 0 spiro atoms. The third-order valence-electron chi connectivity index (χ3n) is 5.96. The Labute approximate surface area is 169 Å². The number of carbonyl (C=O) groups is 3. The maximum Gasteiger partial charge on any atom is 0.233 e. The zero-order valence-electron chi connectivity index (χ0n) is 16.8. The van der Waals surface area contributed by atoms with E-state index < -0.39 is 0 Å². The summed E-state index contributed by atoms with van der Waals surface area (Å²) in [4.78, 5) is 39.5. The van der Waals surface area contributed by atoms with Crippen molar-refractivity contribution in [2.75, 3.05) is 13.7 Å². The summed E-state index contributed by atoms with van der Waals surface area (Å²) in [5, 5.41) is 0. The quantitative estimate of drug-likeness (QED) is 0.445. The molecule has 150 valence electrons. The number of methoxy groups -OCH3 is 1. The molecule has 6 nitrogen and oxygen atoms in total. The molecule has 2 aliphatic rings. The summed E-state index contributed by atoms with van der Waals surface area (Å²) < 4.78 is 7.20. The van der Waals surface area contributed by atoms with Crippen molar-refractivity contribution < 1.29 is 19.1 Å². The number of likely N-dealkylation sites (tertiary alicyclic amines) is 1. The molecule has 1 aliphatic carbocycles. The number of rotatable bonds is 5. The van der Waals surface area contributed by atoms with Gasteiger partial charge in [-0.25, -0.2) is 0 Å². The zero-order valence-corrected chi connectivity index (χ0v) is 16.8. The first-order chi connectivity index (χ1) is 13.9. The summed E-state index contributed by atoms with van der Waals surface area (Å²) in [5.74, 6) is -0.525. The zero-order chi connectivity index (χ0) is 20.7. The highest BCUT2D eigenvalue weighted by Crippen LogP contribution is 2.35. The van der Waals surface area contributed by atoms with Gasteiger partial charge in [-0.15, -0.1) is 0 Å². The molecule has 29 heavy (non-hydrogen) atoms. The van der Waals surface area contributed by atoms with Crippen LogP contribution in [0, 0.1) is 25.7 Å². The Kier molecular flexibility index (Phi) is 4.86. The van der Waals surface area contributed by atoms with Crippen molar-refractivity contribution in [3.05, 3.63) is 59.4 Å². The van der Waals surface area contributed by atoms with Crippen LogP contribution in [-0.2, 0) is 9.59 Å². The number of amides is 2. The standard InChI is InChI=1S/C23H24N2O4/c1-14-12-20(15(2)25(14)16-8-10-17(29-3)11-9-16)21(26)13-24-22(27)18-6-4-5-7-19(18)23(24)28/h4-5,8-12,18-19H,6-7,13H2,1-3H3/t18-,19+. The molecular formula is C23H24N2O4. The number of allylic oxidation sites excluding steroid dienone is 2. The van der Waals surface area contributed by atoms with Crippen LogP contribution in [0.2, 0.25) is 0 Å². The minimum absolute atomic E-state index is 0.197. The molecule has 0 saturated carbocycles. The number of benzene rings is 1. The van der Waals surface area contributed by atoms with E-state index in [0.717, 1.165) is 27.7 Å². The Balaban J connectivity index is 1.58. The van der Waals surface area contributed by atoms with Gasteiger partial charge in [-0.3, -0.25) is 19.3 Å². The molecule has 4 rings (SSSR count). The molecule has 2 aromatic rings. The second-order valence-electron chi connectivity index (χ2n) is 7.66. The maximum atomic E-state index is 13.0. The van der Waals surface area contributed by atoms with Gasteiger partial charge in [0.1, 0.15) is 5.75 Å². The van der Waals surface area contributed by atoms with Gasteiger partial charge in [0.05, 0.1) is 25.5 Å². The van der Waals surface area contributed by atoms with Crippen LogP contribution in [0.3, 0.4) is 0 Å². The number of ether oxygens (including phenoxy) is 1. The van der Waals surface area contributed by atoms with Gasteiger partial charge in [0, 0.05) is 22.6 Å². The summed E-state index contributed by atoms with van der Waals surface area (Å²) in [6.45, 7) is 3.61. The first kappa shape index (κ1) is 19.2. The number of nitrogens with zero attached hydrogens (tertiary/aromatic N) is 2. The fourth-order valence-corrected chi connectivity index (χ4v) is 4.43. The van der Waals surface area contributed by atoms with E-state index in [1.165, 1.54) is 0 Å². The Bertz CT molecular complexity index is 990. The van der Waals surface area contributed by atoms with Crippen LogP contribution in [0.1, 0.15) is 34.6 Å². The normalized spacial score (nSPS) is 20.9. The van der Waals surface area contributed by atoms with Gasteiger partial charge in [-0.1, -0.05) is 12.2 Å². The number of carbonyl (C=O) groups excluding carboxylic acids is 3. The molecule has 2 heterocycles.